The summed E-state index contributed by atoms with van der Waals surface area (Å²) < 4.78 is 15.7. The van der Waals surface area contributed by atoms with Gasteiger partial charge in [0.25, 0.3) is 0 Å². The van der Waals surface area contributed by atoms with Crippen LogP contribution in [0.2, 0.25) is 0 Å². The topological polar surface area (TPSA) is 77.1 Å². The third-order valence-electron chi connectivity index (χ3n) is 9.12. The minimum atomic E-state index is -0.667. The average Bonchev–Trinajstić information content (AvgIpc) is 3.47. The molecule has 7 heteroatoms. The van der Waals surface area contributed by atoms with Crippen molar-refractivity contribution < 1.29 is 23.8 Å². The van der Waals surface area contributed by atoms with Gasteiger partial charge in [-0.3, -0.25) is 9.69 Å². The first-order chi connectivity index (χ1) is 18.9. The zero-order chi connectivity index (χ0) is 27.6. The van der Waals surface area contributed by atoms with Crippen LogP contribution in [0.5, 0.6) is 5.75 Å². The number of aryl methyl sites for hydroxylation is 2. The molecule has 3 aliphatic heterocycles. The summed E-state index contributed by atoms with van der Waals surface area (Å²) in [6, 6.07) is 14.4. The molecule has 5 rings (SSSR count). The summed E-state index contributed by atoms with van der Waals surface area (Å²) in [6.45, 7) is 3.89. The highest BCUT2D eigenvalue weighted by Crippen LogP contribution is 2.49. The van der Waals surface area contributed by atoms with Crippen molar-refractivity contribution >= 4 is 17.4 Å². The second-order valence-electron chi connectivity index (χ2n) is 11.0. The Bertz CT molecular complexity index is 1240. The second-order valence-corrected chi connectivity index (χ2v) is 11.0. The third kappa shape index (κ3) is 4.93. The fourth-order valence-corrected chi connectivity index (χ4v) is 7.10. The highest BCUT2D eigenvalue weighted by molar-refractivity contribution is 6.15. The Morgan fingerprint density at radius 2 is 1.92 bits per heavy atom. The number of hydrogen-bond acceptors (Lipinski definition) is 7. The van der Waals surface area contributed by atoms with Crippen molar-refractivity contribution in [1.82, 2.24) is 4.90 Å². The lowest BCUT2D eigenvalue weighted by Crippen LogP contribution is -2.57. The number of methoxy groups -OCH3 is 3. The molecule has 0 bridgehead atoms. The van der Waals surface area contributed by atoms with Gasteiger partial charge in [-0.15, -0.1) is 0 Å². The third-order valence-corrected chi connectivity index (χ3v) is 9.12. The highest BCUT2D eigenvalue weighted by Gasteiger charge is 2.59. The molecule has 39 heavy (non-hydrogen) atoms. The number of ketones is 1. The first-order valence-electron chi connectivity index (χ1n) is 14.1. The molecule has 1 N–H and O–H groups in total. The van der Waals surface area contributed by atoms with Crippen LogP contribution in [-0.2, 0) is 27.1 Å². The van der Waals surface area contributed by atoms with Gasteiger partial charge in [-0.05, 0) is 73.3 Å². The van der Waals surface area contributed by atoms with E-state index in [4.69, 9.17) is 14.2 Å². The van der Waals surface area contributed by atoms with Crippen LogP contribution < -0.4 is 10.1 Å². The van der Waals surface area contributed by atoms with E-state index < -0.39 is 5.54 Å². The van der Waals surface area contributed by atoms with Crippen LogP contribution in [0.4, 0.5) is 5.69 Å². The van der Waals surface area contributed by atoms with Crippen molar-refractivity contribution in [3.63, 3.8) is 0 Å². The van der Waals surface area contributed by atoms with Crippen LogP contribution >= 0.6 is 0 Å². The van der Waals surface area contributed by atoms with Gasteiger partial charge < -0.3 is 19.5 Å². The van der Waals surface area contributed by atoms with E-state index in [2.05, 4.69) is 41.4 Å². The standard InChI is InChI=1S/C32H40N2O5/c1-5-22-19-34-17-16-32(28(34)18-25(22)26(20-37-2)31(36)39-4)30(35)29-23(10-7-11-27(29)33-32)9-6-8-21-12-14-24(38-3)15-13-21/h7,10-15,20,22,25,28,33H,5-6,8-9,16-19H2,1-4H3/b26-20+/t22-,25+,28+,32+/m1/s1. The Morgan fingerprint density at radius 3 is 2.62 bits per heavy atom. The zero-order valence-electron chi connectivity index (χ0n) is 23.5. The van der Waals surface area contributed by atoms with Crippen molar-refractivity contribution in [2.75, 3.05) is 39.7 Å². The first kappa shape index (κ1) is 27.3. The number of carbonyl (C=O) groups excluding carboxylic acids is 2. The molecule has 2 saturated heterocycles. The summed E-state index contributed by atoms with van der Waals surface area (Å²) in [5, 5.41) is 3.72. The summed E-state index contributed by atoms with van der Waals surface area (Å²) in [5.74, 6) is 0.979. The Morgan fingerprint density at radius 1 is 1.13 bits per heavy atom. The van der Waals surface area contributed by atoms with Gasteiger partial charge in [0.15, 0.2) is 5.78 Å². The summed E-state index contributed by atoms with van der Waals surface area (Å²) in [5.41, 5.74) is 4.07. The van der Waals surface area contributed by atoms with Gasteiger partial charge in [0.2, 0.25) is 0 Å². The highest BCUT2D eigenvalue weighted by atomic mass is 16.5. The van der Waals surface area contributed by atoms with Crippen molar-refractivity contribution in [3.8, 4) is 5.75 Å². The monoisotopic (exact) mass is 532 g/mol. The molecule has 1 spiro atoms. The number of anilines is 1. The molecule has 0 aromatic heterocycles. The predicted octanol–water partition coefficient (Wildman–Crippen LogP) is 5.04. The summed E-state index contributed by atoms with van der Waals surface area (Å²) in [4.78, 5) is 29.5. The van der Waals surface area contributed by atoms with E-state index in [9.17, 15) is 9.59 Å². The molecule has 7 nitrogen and oxygen atoms in total. The Hall–Kier alpha value is -3.32. The van der Waals surface area contributed by atoms with Gasteiger partial charge in [0, 0.05) is 30.4 Å². The summed E-state index contributed by atoms with van der Waals surface area (Å²) in [7, 11) is 4.65. The van der Waals surface area contributed by atoms with Crippen molar-refractivity contribution in [2.45, 2.75) is 57.0 Å². The van der Waals surface area contributed by atoms with Crippen LogP contribution in [0.25, 0.3) is 0 Å². The molecule has 0 radical (unpaired) electrons. The fraction of sp³-hybridized carbons (Fsp3) is 0.500. The maximum Gasteiger partial charge on any atom is 0.337 e. The van der Waals surface area contributed by atoms with Crippen molar-refractivity contribution in [3.05, 3.63) is 71.0 Å². The van der Waals surface area contributed by atoms with Gasteiger partial charge in [0.05, 0.1) is 33.2 Å². The predicted molar refractivity (Wildman–Crippen MR) is 151 cm³/mol. The van der Waals surface area contributed by atoms with E-state index >= 15 is 0 Å². The Kier molecular flexibility index (Phi) is 7.98. The molecule has 0 unspecified atom stereocenters. The number of nitrogens with one attached hydrogen (secondary N) is 1. The van der Waals surface area contributed by atoms with Crippen LogP contribution in [0.15, 0.2) is 54.3 Å². The molecular weight excluding hydrogens is 492 g/mol. The lowest BCUT2D eigenvalue weighted by molar-refractivity contribution is -0.137. The molecule has 2 fully saturated rings. The normalized spacial score (nSPS) is 26.2. The SMILES string of the molecule is CC[C@@H]1CN2CC[C@]3(Nc4cccc(CCCc5ccc(OC)cc5)c4C3=O)[C@@H]2C[C@@H]1/C(=C\OC)C(=O)OC. The van der Waals surface area contributed by atoms with Crippen LogP contribution in [0.1, 0.15) is 54.1 Å². The maximum atomic E-state index is 14.3. The lowest BCUT2D eigenvalue weighted by Gasteiger charge is -2.45. The second kappa shape index (κ2) is 11.4. The molecule has 4 atom stereocenters. The van der Waals surface area contributed by atoms with Gasteiger partial charge in [-0.2, -0.15) is 0 Å². The van der Waals surface area contributed by atoms with Crippen LogP contribution in [0, 0.1) is 11.8 Å². The van der Waals surface area contributed by atoms with E-state index in [-0.39, 0.29) is 23.7 Å². The van der Waals surface area contributed by atoms with E-state index in [0.717, 1.165) is 67.8 Å². The molecule has 0 amide bonds. The molecule has 0 saturated carbocycles. The number of ether oxygens (including phenoxy) is 3. The minimum absolute atomic E-state index is 0.00209. The number of rotatable bonds is 9. The Balaban J connectivity index is 1.36. The maximum absolute atomic E-state index is 14.3. The van der Waals surface area contributed by atoms with Crippen LogP contribution in [0.3, 0.4) is 0 Å². The number of carbonyl (C=O) groups is 2. The number of esters is 1. The Labute approximate surface area is 231 Å². The smallest absolute Gasteiger partial charge is 0.337 e. The van der Waals surface area contributed by atoms with Crippen molar-refractivity contribution in [2.24, 2.45) is 11.8 Å². The number of Topliss-reactive ketones (excluding diaryl/α,β-unsaturated/α-hetero) is 1. The lowest BCUT2D eigenvalue weighted by atomic mass is 9.71. The van der Waals surface area contributed by atoms with E-state index in [1.807, 2.05) is 18.2 Å². The molecule has 0 aliphatic carbocycles. The minimum Gasteiger partial charge on any atom is -0.504 e. The number of nitrogens with zero attached hydrogens (tertiary/aromatic N) is 1. The summed E-state index contributed by atoms with van der Waals surface area (Å²) in [6.07, 6.45) is 6.71. The van der Waals surface area contributed by atoms with Gasteiger partial charge >= 0.3 is 5.97 Å². The average molecular weight is 533 g/mol. The molecular formula is C32H40N2O5. The van der Waals surface area contributed by atoms with Gasteiger partial charge in [-0.25, -0.2) is 4.79 Å². The molecule has 3 heterocycles. The van der Waals surface area contributed by atoms with E-state index in [0.29, 0.717) is 17.9 Å². The number of fused-ring (bicyclic) bond motifs is 3. The number of benzene rings is 2. The fourth-order valence-electron chi connectivity index (χ4n) is 7.10. The molecule has 3 aliphatic rings. The number of piperidine rings is 1. The van der Waals surface area contributed by atoms with E-state index in [1.54, 1.807) is 14.2 Å². The molecule has 208 valence electrons. The van der Waals surface area contributed by atoms with Gasteiger partial charge in [-0.1, -0.05) is 37.6 Å². The van der Waals surface area contributed by atoms with E-state index in [1.165, 1.54) is 18.9 Å². The zero-order valence-corrected chi connectivity index (χ0v) is 23.5. The molecule has 2 aromatic rings. The van der Waals surface area contributed by atoms with Crippen molar-refractivity contribution in [1.29, 1.82) is 0 Å². The largest absolute Gasteiger partial charge is 0.504 e. The summed E-state index contributed by atoms with van der Waals surface area (Å²) >= 11 is 0. The number of hydrogen-bond donors (Lipinski definition) is 1. The van der Waals surface area contributed by atoms with Crippen LogP contribution in [-0.4, -0.2) is 62.7 Å². The first-order valence-corrected chi connectivity index (χ1v) is 14.1. The molecule has 2 aromatic carbocycles. The quantitative estimate of drug-likeness (QED) is 0.275. The van der Waals surface area contributed by atoms with Gasteiger partial charge in [0.1, 0.15) is 11.3 Å².